The number of alkyl halides is 3. The van der Waals surface area contributed by atoms with Crippen molar-refractivity contribution in [3.63, 3.8) is 0 Å². The topological polar surface area (TPSA) is 70.7 Å². The summed E-state index contributed by atoms with van der Waals surface area (Å²) in [6.07, 6.45) is -1.99. The van der Waals surface area contributed by atoms with E-state index in [2.05, 4.69) is 5.32 Å². The molecule has 1 unspecified atom stereocenters. The van der Waals surface area contributed by atoms with E-state index in [0.29, 0.717) is 5.03 Å². The Morgan fingerprint density at radius 3 is 2.86 bits per heavy atom. The highest BCUT2D eigenvalue weighted by molar-refractivity contribution is 8.06. The third-order valence-electron chi connectivity index (χ3n) is 2.86. The molecule has 2 heterocycles. The summed E-state index contributed by atoms with van der Waals surface area (Å²) >= 11 is 1.29. The van der Waals surface area contributed by atoms with Gasteiger partial charge in [-0.15, -0.1) is 0 Å². The van der Waals surface area contributed by atoms with E-state index in [1.165, 1.54) is 29.1 Å². The molecule has 0 fully saturated rings. The van der Waals surface area contributed by atoms with Crippen molar-refractivity contribution < 1.29 is 27.5 Å². The van der Waals surface area contributed by atoms with E-state index in [9.17, 15) is 22.8 Å². The summed E-state index contributed by atoms with van der Waals surface area (Å²) in [5.74, 6) is -2.89. The largest absolute Gasteiger partial charge is 0.471 e. The molecule has 1 atom stereocenters. The van der Waals surface area contributed by atoms with Crippen molar-refractivity contribution in [1.82, 2.24) is 15.5 Å². The number of fused-ring (bicyclic) bond motifs is 1. The highest BCUT2D eigenvalue weighted by Gasteiger charge is 2.51. The summed E-state index contributed by atoms with van der Waals surface area (Å²) in [6.45, 7) is 1.06. The van der Waals surface area contributed by atoms with E-state index >= 15 is 0 Å². The number of amides is 1. The molecule has 10 heteroatoms. The highest BCUT2D eigenvalue weighted by atomic mass is 32.2. The van der Waals surface area contributed by atoms with E-state index in [4.69, 9.17) is 4.74 Å². The second-order valence-electron chi connectivity index (χ2n) is 4.16. The average Bonchev–Trinajstić information content (AvgIpc) is 2.97. The molecule has 0 saturated heterocycles. The zero-order chi connectivity index (χ0) is 15.7. The second kappa shape index (κ2) is 5.51. The summed E-state index contributed by atoms with van der Waals surface area (Å²) < 4.78 is 41.7. The van der Waals surface area contributed by atoms with Crippen molar-refractivity contribution in [2.24, 2.45) is 0 Å². The number of ether oxygens (including phenoxy) is 1. The lowest BCUT2D eigenvalue weighted by molar-refractivity contribution is -0.175. The van der Waals surface area contributed by atoms with Crippen LogP contribution in [0.5, 0.6) is 0 Å². The molecule has 0 radical (unpaired) electrons. The van der Waals surface area contributed by atoms with E-state index in [0.717, 1.165) is 0 Å². The van der Waals surface area contributed by atoms with Crippen molar-refractivity contribution in [2.45, 2.75) is 18.8 Å². The zero-order valence-corrected chi connectivity index (χ0v) is 11.7. The monoisotopic (exact) mass is 323 g/mol. The SMILES string of the molecule is CCOC(=O)C1(CNC(=O)C(F)(F)F)NC=C2SC=CN21. The molecule has 2 aliphatic rings. The Morgan fingerprint density at radius 1 is 1.52 bits per heavy atom. The molecule has 116 valence electrons. The van der Waals surface area contributed by atoms with Crippen LogP contribution in [0.3, 0.4) is 0 Å². The van der Waals surface area contributed by atoms with Crippen molar-refractivity contribution in [1.29, 1.82) is 0 Å². The molecule has 2 N–H and O–H groups in total. The first kappa shape index (κ1) is 15.5. The van der Waals surface area contributed by atoms with Crippen LogP contribution in [-0.4, -0.2) is 41.8 Å². The zero-order valence-electron chi connectivity index (χ0n) is 10.9. The lowest BCUT2D eigenvalue weighted by atomic mass is 10.1. The molecular formula is C11H12F3N3O3S. The minimum absolute atomic E-state index is 0.0650. The van der Waals surface area contributed by atoms with Crippen LogP contribution >= 0.6 is 11.8 Å². The van der Waals surface area contributed by atoms with Gasteiger partial charge in [0.05, 0.1) is 18.2 Å². The van der Waals surface area contributed by atoms with Gasteiger partial charge >= 0.3 is 18.1 Å². The van der Waals surface area contributed by atoms with E-state index in [-0.39, 0.29) is 6.61 Å². The summed E-state index contributed by atoms with van der Waals surface area (Å²) in [4.78, 5) is 24.5. The van der Waals surface area contributed by atoms with Crippen molar-refractivity contribution in [3.8, 4) is 0 Å². The molecule has 2 rings (SSSR count). The van der Waals surface area contributed by atoms with Gasteiger partial charge in [-0.25, -0.2) is 4.79 Å². The van der Waals surface area contributed by atoms with Gasteiger partial charge in [0.25, 0.3) is 0 Å². The molecule has 0 aromatic rings. The maximum Gasteiger partial charge on any atom is 0.471 e. The first-order chi connectivity index (χ1) is 9.81. The number of halogens is 3. The number of rotatable bonds is 4. The maximum absolute atomic E-state index is 12.3. The summed E-state index contributed by atoms with van der Waals surface area (Å²) in [5.41, 5.74) is -1.60. The Kier molecular flexibility index (Phi) is 4.08. The van der Waals surface area contributed by atoms with Crippen molar-refractivity contribution in [3.05, 3.63) is 22.8 Å². The summed E-state index contributed by atoms with van der Waals surface area (Å²) in [5, 5.41) is 6.71. The molecule has 6 nitrogen and oxygen atoms in total. The molecule has 0 aromatic carbocycles. The average molecular weight is 323 g/mol. The highest BCUT2D eigenvalue weighted by Crippen LogP contribution is 2.38. The summed E-state index contributed by atoms with van der Waals surface area (Å²) in [7, 11) is 0. The van der Waals surface area contributed by atoms with Crippen LogP contribution in [0.4, 0.5) is 13.2 Å². The Labute approximate surface area is 122 Å². The van der Waals surface area contributed by atoms with Gasteiger partial charge < -0.3 is 20.3 Å². The number of thioether (sulfide) groups is 1. The smallest absolute Gasteiger partial charge is 0.463 e. The minimum Gasteiger partial charge on any atom is -0.463 e. The Bertz CT molecular complexity index is 521. The molecule has 0 aliphatic carbocycles. The van der Waals surface area contributed by atoms with Crippen LogP contribution in [0.25, 0.3) is 0 Å². The standard InChI is InChI=1S/C11H12F3N3O3S/c1-2-20-9(19)10(6-15-8(18)11(12,13)14)16-5-7-17(10)3-4-21-7/h3-5,16H,2,6H2,1H3,(H,15,18). The van der Waals surface area contributed by atoms with E-state index in [1.54, 1.807) is 17.6 Å². The first-order valence-electron chi connectivity index (χ1n) is 5.94. The molecular weight excluding hydrogens is 311 g/mol. The fourth-order valence-electron chi connectivity index (χ4n) is 1.89. The van der Waals surface area contributed by atoms with E-state index in [1.807, 2.05) is 0 Å². The fourth-order valence-corrected chi connectivity index (χ4v) is 2.66. The van der Waals surface area contributed by atoms with Crippen molar-refractivity contribution >= 4 is 23.6 Å². The van der Waals surface area contributed by atoms with Crippen LogP contribution < -0.4 is 10.6 Å². The van der Waals surface area contributed by atoms with Crippen LogP contribution in [0.1, 0.15) is 6.92 Å². The third kappa shape index (κ3) is 2.80. The van der Waals surface area contributed by atoms with Crippen LogP contribution in [0, 0.1) is 0 Å². The number of carbonyl (C=O) groups excluding carboxylic acids is 2. The maximum atomic E-state index is 12.3. The van der Waals surface area contributed by atoms with Gasteiger partial charge in [0.2, 0.25) is 5.66 Å². The normalized spacial score (nSPS) is 23.4. The van der Waals surface area contributed by atoms with Crippen LogP contribution in [-0.2, 0) is 14.3 Å². The molecule has 0 aromatic heterocycles. The number of esters is 1. The first-order valence-corrected chi connectivity index (χ1v) is 6.82. The molecule has 21 heavy (non-hydrogen) atoms. The fraction of sp³-hybridized carbons (Fsp3) is 0.455. The van der Waals surface area contributed by atoms with Gasteiger partial charge in [0, 0.05) is 12.4 Å². The minimum atomic E-state index is -5.01. The predicted molar refractivity (Wildman–Crippen MR) is 68.2 cm³/mol. The van der Waals surface area contributed by atoms with Gasteiger partial charge in [-0.05, 0) is 12.3 Å². The Hall–Kier alpha value is -1.84. The van der Waals surface area contributed by atoms with Gasteiger partial charge in [-0.2, -0.15) is 13.2 Å². The van der Waals surface area contributed by atoms with Gasteiger partial charge in [0.1, 0.15) is 0 Å². The van der Waals surface area contributed by atoms with Gasteiger partial charge in [-0.1, -0.05) is 11.8 Å². The van der Waals surface area contributed by atoms with Crippen LogP contribution in [0.15, 0.2) is 22.8 Å². The van der Waals surface area contributed by atoms with Gasteiger partial charge in [0.15, 0.2) is 0 Å². The number of carbonyl (C=O) groups is 2. The molecule has 0 spiro atoms. The van der Waals surface area contributed by atoms with E-state index < -0.39 is 30.3 Å². The van der Waals surface area contributed by atoms with Crippen molar-refractivity contribution in [2.75, 3.05) is 13.2 Å². The van der Waals surface area contributed by atoms with Crippen LogP contribution in [0.2, 0.25) is 0 Å². The summed E-state index contributed by atoms with van der Waals surface area (Å²) in [6, 6.07) is 0. The third-order valence-corrected chi connectivity index (χ3v) is 3.67. The number of hydrogen-bond donors (Lipinski definition) is 2. The molecule has 2 aliphatic heterocycles. The number of nitrogens with zero attached hydrogens (tertiary/aromatic N) is 1. The Balaban J connectivity index is 2.17. The number of hydrogen-bond acceptors (Lipinski definition) is 6. The Morgan fingerprint density at radius 2 is 2.24 bits per heavy atom. The lowest BCUT2D eigenvalue weighted by Gasteiger charge is -2.35. The molecule has 0 saturated carbocycles. The number of nitrogens with one attached hydrogen (secondary N) is 2. The predicted octanol–water partition coefficient (Wildman–Crippen LogP) is 0.846. The van der Waals surface area contributed by atoms with Gasteiger partial charge in [-0.3, -0.25) is 4.79 Å². The quantitative estimate of drug-likeness (QED) is 0.748. The molecule has 0 bridgehead atoms. The second-order valence-corrected chi connectivity index (χ2v) is 5.09. The molecule has 1 amide bonds. The lowest BCUT2D eigenvalue weighted by Crippen LogP contribution is -2.63.